The highest BCUT2D eigenvalue weighted by molar-refractivity contribution is 5.84. The Bertz CT molecular complexity index is 851. The summed E-state index contributed by atoms with van der Waals surface area (Å²) in [6.45, 7) is 1.29. The number of carbonyl (C=O) groups is 1. The summed E-state index contributed by atoms with van der Waals surface area (Å²) >= 11 is 0. The molecule has 0 atom stereocenters. The summed E-state index contributed by atoms with van der Waals surface area (Å²) in [7, 11) is 4.46. The fourth-order valence-corrected chi connectivity index (χ4v) is 2.33. The molecule has 0 fully saturated rings. The quantitative estimate of drug-likeness (QED) is 0.416. The van der Waals surface area contributed by atoms with Crippen molar-refractivity contribution in [1.82, 2.24) is 15.0 Å². The standard InChI is InChI=1S/C16H19N5O6/c1-10-17-8-15(21(23)24)20(10)9-14(22)19-18-7-11-5-12(25-2)16(27-4)13(6-11)26-3/h5-8H,9H2,1-4H3,(H,19,22)/b18-7+. The van der Waals surface area contributed by atoms with Gasteiger partial charge in [-0.3, -0.25) is 4.79 Å². The van der Waals surface area contributed by atoms with Gasteiger partial charge in [-0.1, -0.05) is 0 Å². The highest BCUT2D eigenvalue weighted by Crippen LogP contribution is 2.37. The van der Waals surface area contributed by atoms with Gasteiger partial charge in [0.05, 0.1) is 27.5 Å². The van der Waals surface area contributed by atoms with Gasteiger partial charge in [0.25, 0.3) is 5.91 Å². The number of methoxy groups -OCH3 is 3. The predicted octanol–water partition coefficient (Wildman–Crippen LogP) is 1.28. The Morgan fingerprint density at radius 1 is 1.30 bits per heavy atom. The number of benzene rings is 1. The maximum absolute atomic E-state index is 12.0. The van der Waals surface area contributed by atoms with Crippen LogP contribution in [0, 0.1) is 17.0 Å². The first kappa shape index (κ1) is 19.7. The maximum Gasteiger partial charge on any atom is 0.343 e. The number of hydrogen-bond acceptors (Lipinski definition) is 8. The average molecular weight is 377 g/mol. The van der Waals surface area contributed by atoms with Gasteiger partial charge in [0.15, 0.2) is 23.9 Å². The van der Waals surface area contributed by atoms with Gasteiger partial charge in [-0.25, -0.2) is 15.0 Å². The van der Waals surface area contributed by atoms with Crippen molar-refractivity contribution in [3.05, 3.63) is 39.8 Å². The van der Waals surface area contributed by atoms with E-state index >= 15 is 0 Å². The van der Waals surface area contributed by atoms with Crippen LogP contribution < -0.4 is 19.6 Å². The molecule has 1 aromatic heterocycles. The Morgan fingerprint density at radius 3 is 2.44 bits per heavy atom. The van der Waals surface area contributed by atoms with Crippen molar-refractivity contribution in [2.45, 2.75) is 13.5 Å². The fraction of sp³-hybridized carbons (Fsp3) is 0.312. The molecule has 1 aromatic carbocycles. The molecule has 0 spiro atoms. The van der Waals surface area contributed by atoms with E-state index in [0.717, 1.165) is 6.20 Å². The van der Waals surface area contributed by atoms with Crippen molar-refractivity contribution in [2.24, 2.45) is 5.10 Å². The van der Waals surface area contributed by atoms with E-state index in [2.05, 4.69) is 15.5 Å². The number of amides is 1. The molecular formula is C16H19N5O6. The third kappa shape index (κ3) is 4.51. The van der Waals surface area contributed by atoms with Gasteiger partial charge in [0, 0.05) is 12.5 Å². The normalized spacial score (nSPS) is 10.7. The molecule has 27 heavy (non-hydrogen) atoms. The SMILES string of the molecule is COc1cc(/C=N/NC(=O)Cn2c([N+](=O)[O-])cnc2C)cc(OC)c1OC. The molecule has 11 heteroatoms. The first-order valence-corrected chi connectivity index (χ1v) is 7.69. The van der Waals surface area contributed by atoms with Crippen LogP contribution in [0.5, 0.6) is 17.2 Å². The van der Waals surface area contributed by atoms with Crippen LogP contribution >= 0.6 is 0 Å². The molecule has 1 heterocycles. The van der Waals surface area contributed by atoms with Gasteiger partial charge in [0.2, 0.25) is 5.75 Å². The molecule has 0 bridgehead atoms. The van der Waals surface area contributed by atoms with E-state index in [1.807, 2.05) is 0 Å². The number of carbonyl (C=O) groups excluding carboxylic acids is 1. The van der Waals surface area contributed by atoms with Gasteiger partial charge >= 0.3 is 5.82 Å². The minimum atomic E-state index is -0.605. The third-order valence-electron chi connectivity index (χ3n) is 3.61. The molecule has 0 saturated carbocycles. The minimum absolute atomic E-state index is 0.267. The largest absolute Gasteiger partial charge is 0.493 e. The van der Waals surface area contributed by atoms with Crippen LogP contribution in [0.25, 0.3) is 0 Å². The van der Waals surface area contributed by atoms with Crippen molar-refractivity contribution < 1.29 is 23.9 Å². The fourth-order valence-electron chi connectivity index (χ4n) is 2.33. The van der Waals surface area contributed by atoms with Crippen molar-refractivity contribution in [2.75, 3.05) is 21.3 Å². The van der Waals surface area contributed by atoms with E-state index in [1.54, 1.807) is 19.1 Å². The number of nitrogens with one attached hydrogen (secondary N) is 1. The molecule has 1 amide bonds. The van der Waals surface area contributed by atoms with Crippen LogP contribution in [0.2, 0.25) is 0 Å². The number of aryl methyl sites for hydroxylation is 1. The van der Waals surface area contributed by atoms with Crippen molar-refractivity contribution in [3.8, 4) is 17.2 Å². The number of imidazole rings is 1. The van der Waals surface area contributed by atoms with E-state index in [1.165, 1.54) is 32.1 Å². The van der Waals surface area contributed by atoms with Crippen LogP contribution in [0.3, 0.4) is 0 Å². The number of hydrazone groups is 1. The smallest absolute Gasteiger partial charge is 0.343 e. The van der Waals surface area contributed by atoms with Gasteiger partial charge in [0.1, 0.15) is 6.20 Å². The number of ether oxygens (including phenoxy) is 3. The van der Waals surface area contributed by atoms with Crippen molar-refractivity contribution in [1.29, 1.82) is 0 Å². The van der Waals surface area contributed by atoms with Gasteiger partial charge in [-0.2, -0.15) is 5.10 Å². The lowest BCUT2D eigenvalue weighted by molar-refractivity contribution is -0.392. The summed E-state index contributed by atoms with van der Waals surface area (Å²) in [4.78, 5) is 26.2. The van der Waals surface area contributed by atoms with Crippen LogP contribution in [0.1, 0.15) is 11.4 Å². The first-order chi connectivity index (χ1) is 12.9. The Balaban J connectivity index is 2.10. The zero-order valence-corrected chi connectivity index (χ0v) is 15.3. The van der Waals surface area contributed by atoms with Crippen molar-refractivity contribution in [3.63, 3.8) is 0 Å². The molecule has 0 radical (unpaired) electrons. The monoisotopic (exact) mass is 377 g/mol. The number of aromatic nitrogens is 2. The summed E-state index contributed by atoms with van der Waals surface area (Å²) in [6.07, 6.45) is 2.49. The molecule has 0 aliphatic rings. The molecule has 0 saturated heterocycles. The second kappa shape index (κ2) is 8.65. The Hall–Kier alpha value is -3.63. The summed E-state index contributed by atoms with van der Waals surface area (Å²) in [6, 6.07) is 3.31. The highest BCUT2D eigenvalue weighted by atomic mass is 16.6. The van der Waals surface area contributed by atoms with E-state index in [4.69, 9.17) is 14.2 Å². The van der Waals surface area contributed by atoms with E-state index in [-0.39, 0.29) is 12.4 Å². The number of rotatable bonds is 8. The van der Waals surface area contributed by atoms with Crippen LogP contribution in [-0.2, 0) is 11.3 Å². The second-order valence-electron chi connectivity index (χ2n) is 5.26. The highest BCUT2D eigenvalue weighted by Gasteiger charge is 2.20. The molecule has 0 aliphatic heterocycles. The van der Waals surface area contributed by atoms with E-state index < -0.39 is 10.8 Å². The predicted molar refractivity (Wildman–Crippen MR) is 95.5 cm³/mol. The lowest BCUT2D eigenvalue weighted by Crippen LogP contribution is -2.24. The molecule has 144 valence electrons. The Labute approximate surface area is 154 Å². The zero-order chi connectivity index (χ0) is 20.0. The molecule has 1 N–H and O–H groups in total. The molecule has 2 rings (SSSR count). The van der Waals surface area contributed by atoms with E-state index in [9.17, 15) is 14.9 Å². The van der Waals surface area contributed by atoms with Gasteiger partial charge < -0.3 is 24.3 Å². The lowest BCUT2D eigenvalue weighted by Gasteiger charge is -2.12. The molecule has 0 unspecified atom stereocenters. The van der Waals surface area contributed by atoms with Crippen molar-refractivity contribution >= 4 is 17.9 Å². The topological polar surface area (TPSA) is 130 Å². The van der Waals surface area contributed by atoms with Crippen LogP contribution in [-0.4, -0.2) is 47.9 Å². The maximum atomic E-state index is 12.0. The summed E-state index contributed by atoms with van der Waals surface area (Å²) in [5, 5.41) is 14.8. The second-order valence-corrected chi connectivity index (χ2v) is 5.26. The minimum Gasteiger partial charge on any atom is -0.493 e. The van der Waals surface area contributed by atoms with Gasteiger partial charge in [-0.05, 0) is 17.1 Å². The van der Waals surface area contributed by atoms with Crippen LogP contribution in [0.4, 0.5) is 5.82 Å². The molecule has 11 nitrogen and oxygen atoms in total. The third-order valence-corrected chi connectivity index (χ3v) is 3.61. The zero-order valence-electron chi connectivity index (χ0n) is 15.3. The Morgan fingerprint density at radius 2 is 1.93 bits per heavy atom. The summed E-state index contributed by atoms with van der Waals surface area (Å²) < 4.78 is 16.9. The first-order valence-electron chi connectivity index (χ1n) is 7.69. The van der Waals surface area contributed by atoms with Gasteiger partial charge in [-0.15, -0.1) is 0 Å². The molecular weight excluding hydrogens is 358 g/mol. The number of nitrogens with zero attached hydrogens (tertiary/aromatic N) is 4. The van der Waals surface area contributed by atoms with Crippen LogP contribution in [0.15, 0.2) is 23.4 Å². The Kier molecular flexibility index (Phi) is 6.31. The summed E-state index contributed by atoms with van der Waals surface area (Å²) in [5.74, 6) is 0.859. The molecule has 0 aliphatic carbocycles. The molecule has 2 aromatic rings. The number of hydrogen-bond donors (Lipinski definition) is 1. The summed E-state index contributed by atoms with van der Waals surface area (Å²) in [5.41, 5.74) is 2.90. The number of nitro groups is 1. The lowest BCUT2D eigenvalue weighted by atomic mass is 10.2. The van der Waals surface area contributed by atoms with E-state index in [0.29, 0.717) is 28.6 Å². The average Bonchev–Trinajstić information content (AvgIpc) is 3.01.